The number of barbiturate groups is 1. The Morgan fingerprint density at radius 3 is 2.54 bits per heavy atom. The highest BCUT2D eigenvalue weighted by molar-refractivity contribution is 6.39. The first kappa shape index (κ1) is 19.9. The zero-order chi connectivity index (χ0) is 20.4. The van der Waals surface area contributed by atoms with Crippen molar-refractivity contribution in [2.75, 3.05) is 11.5 Å². The van der Waals surface area contributed by atoms with Crippen molar-refractivity contribution in [1.29, 1.82) is 0 Å². The summed E-state index contributed by atoms with van der Waals surface area (Å²) in [5.74, 6) is -1.04. The van der Waals surface area contributed by atoms with E-state index < -0.39 is 17.8 Å². The summed E-state index contributed by atoms with van der Waals surface area (Å²) in [4.78, 5) is 38.3. The summed E-state index contributed by atoms with van der Waals surface area (Å²) in [6.45, 7) is 4.06. The van der Waals surface area contributed by atoms with Gasteiger partial charge in [0, 0.05) is 10.0 Å². The molecule has 0 atom stereocenters. The number of nitrogens with zero attached hydrogens (tertiary/aromatic N) is 1. The van der Waals surface area contributed by atoms with E-state index in [9.17, 15) is 14.4 Å². The van der Waals surface area contributed by atoms with E-state index in [4.69, 9.17) is 27.9 Å². The predicted octanol–water partition coefficient (Wildman–Crippen LogP) is 4.37. The molecular weight excluding hydrogens is 403 g/mol. The number of halogens is 2. The van der Waals surface area contributed by atoms with Crippen molar-refractivity contribution in [2.24, 2.45) is 0 Å². The standard InChI is InChI=1S/C20H16Cl2N2O4/c1-3-28-15-7-12(6-13(21)9-15)8-16-18(25)23-20(27)24(19(16)26)14-5-4-11(2)17(22)10-14/h4-10H,3H2,1-2H3,(H,23,25,27)/b16-8+. The molecule has 0 aliphatic carbocycles. The van der Waals surface area contributed by atoms with Gasteiger partial charge in [0.25, 0.3) is 11.8 Å². The lowest BCUT2D eigenvalue weighted by atomic mass is 10.1. The molecule has 0 spiro atoms. The lowest BCUT2D eigenvalue weighted by molar-refractivity contribution is -0.122. The summed E-state index contributed by atoms with van der Waals surface area (Å²) in [6.07, 6.45) is 1.36. The van der Waals surface area contributed by atoms with Crippen molar-refractivity contribution in [1.82, 2.24) is 5.32 Å². The van der Waals surface area contributed by atoms with E-state index >= 15 is 0 Å². The number of hydrogen-bond acceptors (Lipinski definition) is 4. The van der Waals surface area contributed by atoms with Gasteiger partial charge >= 0.3 is 6.03 Å². The van der Waals surface area contributed by atoms with Gasteiger partial charge in [0.15, 0.2) is 0 Å². The van der Waals surface area contributed by atoms with Crippen molar-refractivity contribution >= 4 is 52.8 Å². The average Bonchev–Trinajstić information content (AvgIpc) is 2.61. The Morgan fingerprint density at radius 2 is 1.86 bits per heavy atom. The molecule has 2 aromatic rings. The van der Waals surface area contributed by atoms with Crippen LogP contribution in [0.3, 0.4) is 0 Å². The minimum Gasteiger partial charge on any atom is -0.494 e. The SMILES string of the molecule is CCOc1cc(Cl)cc(/C=C2\C(=O)NC(=O)N(c3ccc(C)c(Cl)c3)C2=O)c1. The Bertz CT molecular complexity index is 1020. The maximum absolute atomic E-state index is 12.9. The highest BCUT2D eigenvalue weighted by Gasteiger charge is 2.37. The number of imide groups is 2. The van der Waals surface area contributed by atoms with Gasteiger partial charge in [-0.25, -0.2) is 9.69 Å². The van der Waals surface area contributed by atoms with Gasteiger partial charge in [0.2, 0.25) is 0 Å². The molecule has 4 amide bonds. The van der Waals surface area contributed by atoms with E-state index in [2.05, 4.69) is 5.32 Å². The topological polar surface area (TPSA) is 75.7 Å². The number of benzene rings is 2. The van der Waals surface area contributed by atoms with Crippen molar-refractivity contribution < 1.29 is 19.1 Å². The molecule has 0 aromatic heterocycles. The lowest BCUT2D eigenvalue weighted by Gasteiger charge is -2.26. The summed E-state index contributed by atoms with van der Waals surface area (Å²) < 4.78 is 5.42. The molecule has 6 nitrogen and oxygen atoms in total. The van der Waals surface area contributed by atoms with Crippen LogP contribution in [0.1, 0.15) is 18.1 Å². The van der Waals surface area contributed by atoms with Crippen molar-refractivity contribution in [3.05, 3.63) is 63.1 Å². The van der Waals surface area contributed by atoms with Gasteiger partial charge in [-0.05, 0) is 61.4 Å². The van der Waals surface area contributed by atoms with Crippen LogP contribution in [0.4, 0.5) is 10.5 Å². The molecule has 0 unspecified atom stereocenters. The fourth-order valence-corrected chi connectivity index (χ4v) is 3.11. The molecule has 1 N–H and O–H groups in total. The normalized spacial score (nSPS) is 15.8. The third-order valence-electron chi connectivity index (χ3n) is 4.03. The molecule has 1 aliphatic heterocycles. The summed E-state index contributed by atoms with van der Waals surface area (Å²) in [7, 11) is 0. The van der Waals surface area contributed by atoms with Crippen LogP contribution in [0.25, 0.3) is 6.08 Å². The van der Waals surface area contributed by atoms with E-state index in [1.165, 1.54) is 12.1 Å². The van der Waals surface area contributed by atoms with Crippen molar-refractivity contribution in [3.8, 4) is 5.75 Å². The molecular formula is C20H16Cl2N2O4. The second kappa shape index (κ2) is 8.04. The molecule has 1 aliphatic rings. The lowest BCUT2D eigenvalue weighted by Crippen LogP contribution is -2.54. The highest BCUT2D eigenvalue weighted by Crippen LogP contribution is 2.28. The fourth-order valence-electron chi connectivity index (χ4n) is 2.70. The average molecular weight is 419 g/mol. The van der Waals surface area contributed by atoms with Crippen LogP contribution in [0.15, 0.2) is 42.0 Å². The largest absolute Gasteiger partial charge is 0.494 e. The Morgan fingerprint density at radius 1 is 1.11 bits per heavy atom. The molecule has 144 valence electrons. The van der Waals surface area contributed by atoms with Gasteiger partial charge in [-0.3, -0.25) is 14.9 Å². The second-order valence-electron chi connectivity index (χ2n) is 6.04. The summed E-state index contributed by atoms with van der Waals surface area (Å²) in [5.41, 5.74) is 1.34. The van der Waals surface area contributed by atoms with E-state index in [1.807, 2.05) is 6.92 Å². The zero-order valence-corrected chi connectivity index (χ0v) is 16.6. The number of carbonyl (C=O) groups is 3. The third kappa shape index (κ3) is 4.03. The maximum Gasteiger partial charge on any atom is 0.335 e. The van der Waals surface area contributed by atoms with Crippen LogP contribution in [-0.2, 0) is 9.59 Å². The Hall–Kier alpha value is -2.83. The Kier molecular flexibility index (Phi) is 5.72. The predicted molar refractivity (Wildman–Crippen MR) is 108 cm³/mol. The number of amides is 4. The molecule has 1 saturated heterocycles. The summed E-state index contributed by atoms with van der Waals surface area (Å²) in [6, 6.07) is 8.78. The van der Waals surface area contributed by atoms with Crippen LogP contribution >= 0.6 is 23.2 Å². The van der Waals surface area contributed by atoms with Crippen LogP contribution in [0, 0.1) is 6.92 Å². The molecule has 0 saturated carbocycles. The molecule has 3 rings (SSSR count). The number of rotatable bonds is 4. The van der Waals surface area contributed by atoms with Crippen LogP contribution < -0.4 is 15.0 Å². The van der Waals surface area contributed by atoms with Gasteiger partial charge in [-0.1, -0.05) is 29.3 Å². The van der Waals surface area contributed by atoms with Crippen molar-refractivity contribution in [3.63, 3.8) is 0 Å². The smallest absolute Gasteiger partial charge is 0.335 e. The first-order chi connectivity index (χ1) is 13.3. The fraction of sp³-hybridized carbons (Fsp3) is 0.150. The van der Waals surface area contributed by atoms with Gasteiger partial charge < -0.3 is 4.74 Å². The first-order valence-corrected chi connectivity index (χ1v) is 9.16. The Labute approximate surface area is 171 Å². The van der Waals surface area contributed by atoms with Crippen LogP contribution in [-0.4, -0.2) is 24.5 Å². The molecule has 2 aromatic carbocycles. The summed E-state index contributed by atoms with van der Waals surface area (Å²) in [5, 5.41) is 2.96. The number of anilines is 1. The number of carbonyl (C=O) groups excluding carboxylic acids is 3. The molecule has 0 radical (unpaired) electrons. The maximum atomic E-state index is 12.9. The third-order valence-corrected chi connectivity index (χ3v) is 4.66. The number of hydrogen-bond donors (Lipinski definition) is 1. The quantitative estimate of drug-likeness (QED) is 0.590. The summed E-state index contributed by atoms with van der Waals surface area (Å²) >= 11 is 12.2. The molecule has 8 heteroatoms. The highest BCUT2D eigenvalue weighted by atomic mass is 35.5. The van der Waals surface area contributed by atoms with E-state index in [-0.39, 0.29) is 11.3 Å². The Balaban J connectivity index is 2.02. The van der Waals surface area contributed by atoms with Gasteiger partial charge in [0.05, 0.1) is 12.3 Å². The molecule has 0 bridgehead atoms. The molecule has 1 fully saturated rings. The monoisotopic (exact) mass is 418 g/mol. The van der Waals surface area contributed by atoms with Crippen LogP contribution in [0.2, 0.25) is 10.0 Å². The molecule has 1 heterocycles. The van der Waals surface area contributed by atoms with Crippen molar-refractivity contribution in [2.45, 2.75) is 13.8 Å². The number of urea groups is 1. The van der Waals surface area contributed by atoms with E-state index in [1.54, 1.807) is 37.3 Å². The number of nitrogens with one attached hydrogen (secondary N) is 1. The minimum absolute atomic E-state index is 0.207. The zero-order valence-electron chi connectivity index (χ0n) is 15.1. The van der Waals surface area contributed by atoms with Gasteiger partial charge in [-0.15, -0.1) is 0 Å². The van der Waals surface area contributed by atoms with Gasteiger partial charge in [0.1, 0.15) is 11.3 Å². The number of aryl methyl sites for hydroxylation is 1. The van der Waals surface area contributed by atoms with Gasteiger partial charge in [-0.2, -0.15) is 0 Å². The second-order valence-corrected chi connectivity index (χ2v) is 6.89. The van der Waals surface area contributed by atoms with E-state index in [0.717, 1.165) is 10.5 Å². The first-order valence-electron chi connectivity index (χ1n) is 8.41. The van der Waals surface area contributed by atoms with Crippen LogP contribution in [0.5, 0.6) is 5.75 Å². The van der Waals surface area contributed by atoms with E-state index in [0.29, 0.717) is 28.0 Å². The molecule has 28 heavy (non-hydrogen) atoms. The minimum atomic E-state index is -0.840. The number of ether oxygens (including phenoxy) is 1.